The van der Waals surface area contributed by atoms with E-state index >= 15 is 0 Å². The zero-order chi connectivity index (χ0) is 26.6. The van der Waals surface area contributed by atoms with Gasteiger partial charge in [0.15, 0.2) is 0 Å². The third-order valence-electron chi connectivity index (χ3n) is 8.56. The summed E-state index contributed by atoms with van der Waals surface area (Å²) in [7, 11) is 1.66. The van der Waals surface area contributed by atoms with E-state index in [1.807, 2.05) is 18.2 Å². The van der Waals surface area contributed by atoms with Gasteiger partial charge in [-0.1, -0.05) is 36.4 Å². The molecule has 7 nitrogen and oxygen atoms in total. The predicted molar refractivity (Wildman–Crippen MR) is 153 cm³/mol. The van der Waals surface area contributed by atoms with Gasteiger partial charge in [-0.3, -0.25) is 14.8 Å². The first-order chi connectivity index (χ1) is 19.0. The van der Waals surface area contributed by atoms with Crippen molar-refractivity contribution in [3.63, 3.8) is 0 Å². The molecule has 1 spiro atoms. The molecule has 1 aromatic heterocycles. The molecule has 1 amide bonds. The molecule has 1 aliphatic carbocycles. The zero-order valence-electron chi connectivity index (χ0n) is 22.3. The molecule has 3 aromatic carbocycles. The number of nitrogens with zero attached hydrogens (tertiary/aromatic N) is 2. The number of hydrogen-bond acceptors (Lipinski definition) is 5. The molecule has 7 heteroatoms. The average molecular weight is 521 g/mol. The first-order valence-corrected chi connectivity index (χ1v) is 13.6. The minimum absolute atomic E-state index is 0.0795. The van der Waals surface area contributed by atoms with Crippen molar-refractivity contribution in [1.29, 1.82) is 0 Å². The Morgan fingerprint density at radius 2 is 1.95 bits per heavy atom. The van der Waals surface area contributed by atoms with Crippen LogP contribution in [-0.4, -0.2) is 54.4 Å². The Labute approximate surface area is 227 Å². The second-order valence-corrected chi connectivity index (χ2v) is 10.9. The lowest BCUT2D eigenvalue weighted by molar-refractivity contribution is -0.118. The number of carbonyl (C=O) groups excluding carboxylic acids is 1. The van der Waals surface area contributed by atoms with E-state index in [-0.39, 0.29) is 11.8 Å². The molecule has 39 heavy (non-hydrogen) atoms. The van der Waals surface area contributed by atoms with Crippen LogP contribution in [0.2, 0.25) is 0 Å². The lowest BCUT2D eigenvalue weighted by Gasteiger charge is -2.26. The fourth-order valence-corrected chi connectivity index (χ4v) is 6.31. The maximum absolute atomic E-state index is 13.1. The van der Waals surface area contributed by atoms with Crippen molar-refractivity contribution < 1.29 is 14.3 Å². The molecule has 1 saturated heterocycles. The van der Waals surface area contributed by atoms with Crippen LogP contribution in [0.25, 0.3) is 22.6 Å². The Kier molecular flexibility index (Phi) is 5.79. The maximum Gasteiger partial charge on any atom is 0.235 e. The van der Waals surface area contributed by atoms with Crippen LogP contribution in [-0.2, 0) is 21.5 Å². The van der Waals surface area contributed by atoms with Crippen molar-refractivity contribution in [3.8, 4) is 5.75 Å². The summed E-state index contributed by atoms with van der Waals surface area (Å²) in [6.45, 7) is 6.69. The molecule has 198 valence electrons. The summed E-state index contributed by atoms with van der Waals surface area (Å²) in [6.07, 6.45) is 2.98. The number of anilines is 1. The van der Waals surface area contributed by atoms with Crippen molar-refractivity contribution >= 4 is 34.1 Å². The molecule has 2 aliphatic heterocycles. The number of benzene rings is 3. The van der Waals surface area contributed by atoms with Gasteiger partial charge in [0.25, 0.3) is 0 Å². The van der Waals surface area contributed by atoms with Crippen LogP contribution in [0.4, 0.5) is 5.69 Å². The molecule has 3 heterocycles. The van der Waals surface area contributed by atoms with Gasteiger partial charge in [0.2, 0.25) is 5.91 Å². The van der Waals surface area contributed by atoms with Gasteiger partial charge in [-0.15, -0.1) is 0 Å². The average Bonchev–Trinajstić information content (AvgIpc) is 3.48. The van der Waals surface area contributed by atoms with Crippen LogP contribution in [0.5, 0.6) is 5.75 Å². The molecular weight excluding hydrogens is 488 g/mol. The Hall–Kier alpha value is -3.94. The molecule has 0 bridgehead atoms. The summed E-state index contributed by atoms with van der Waals surface area (Å²) in [4.78, 5) is 15.5. The van der Waals surface area contributed by atoms with Gasteiger partial charge >= 0.3 is 0 Å². The highest BCUT2D eigenvalue weighted by molar-refractivity contribution is 6.10. The van der Waals surface area contributed by atoms with Crippen molar-refractivity contribution in [2.45, 2.75) is 31.2 Å². The summed E-state index contributed by atoms with van der Waals surface area (Å²) < 4.78 is 10.9. The lowest BCUT2D eigenvalue weighted by Crippen LogP contribution is -2.35. The third-order valence-corrected chi connectivity index (χ3v) is 8.56. The van der Waals surface area contributed by atoms with Crippen LogP contribution < -0.4 is 10.1 Å². The molecule has 2 N–H and O–H groups in total. The topological polar surface area (TPSA) is 79.5 Å². The van der Waals surface area contributed by atoms with Gasteiger partial charge in [-0.25, -0.2) is 0 Å². The van der Waals surface area contributed by atoms with E-state index in [0.717, 1.165) is 89.6 Å². The van der Waals surface area contributed by atoms with Crippen LogP contribution in [0.15, 0.2) is 60.7 Å². The van der Waals surface area contributed by atoms with E-state index in [4.69, 9.17) is 9.47 Å². The number of allylic oxidation sites excluding steroid dienone is 1. The van der Waals surface area contributed by atoms with Crippen molar-refractivity contribution in [2.24, 2.45) is 0 Å². The number of hydrogen-bond donors (Lipinski definition) is 2. The number of rotatable bonds is 6. The number of carbonyl (C=O) groups is 1. The quantitative estimate of drug-likeness (QED) is 0.359. The number of morpholine rings is 1. The normalized spacial score (nSPS) is 22.8. The highest BCUT2D eigenvalue weighted by atomic mass is 16.5. The zero-order valence-corrected chi connectivity index (χ0v) is 22.3. The molecule has 1 saturated carbocycles. The molecule has 4 aromatic rings. The fourth-order valence-electron chi connectivity index (χ4n) is 6.31. The number of H-pyrrole nitrogens is 1. The van der Waals surface area contributed by atoms with Gasteiger partial charge in [0.1, 0.15) is 5.75 Å². The predicted octanol–water partition coefficient (Wildman–Crippen LogP) is 5.34. The Bertz CT molecular complexity index is 1600. The number of amides is 1. The van der Waals surface area contributed by atoms with Gasteiger partial charge < -0.3 is 14.8 Å². The minimum atomic E-state index is -0.510. The van der Waals surface area contributed by atoms with Crippen molar-refractivity contribution in [2.75, 3.05) is 38.7 Å². The Morgan fingerprint density at radius 3 is 2.74 bits per heavy atom. The molecule has 3 aliphatic rings. The molecule has 2 fully saturated rings. The minimum Gasteiger partial charge on any atom is -0.497 e. The summed E-state index contributed by atoms with van der Waals surface area (Å²) in [5.41, 5.74) is 8.10. The Morgan fingerprint density at radius 1 is 1.13 bits per heavy atom. The number of methoxy groups -OCH3 is 1. The van der Waals surface area contributed by atoms with E-state index in [9.17, 15) is 4.79 Å². The molecule has 0 radical (unpaired) electrons. The summed E-state index contributed by atoms with van der Waals surface area (Å²) in [5, 5.41) is 12.1. The smallest absolute Gasteiger partial charge is 0.235 e. The molecular formula is C32H32N4O3. The van der Waals surface area contributed by atoms with Gasteiger partial charge in [0, 0.05) is 36.6 Å². The summed E-state index contributed by atoms with van der Waals surface area (Å²) in [6, 6.07) is 21.1. The number of ether oxygens (including phenoxy) is 2. The van der Waals surface area contributed by atoms with Crippen LogP contribution >= 0.6 is 0 Å². The maximum atomic E-state index is 13.1. The fraction of sp³-hybridized carbons (Fsp3) is 0.312. The molecule has 2 atom stereocenters. The van der Waals surface area contributed by atoms with Crippen molar-refractivity contribution in [3.05, 3.63) is 88.6 Å². The number of aromatic nitrogens is 2. The van der Waals surface area contributed by atoms with Crippen LogP contribution in [0.3, 0.4) is 0 Å². The number of fused-ring (bicyclic) bond motifs is 3. The van der Waals surface area contributed by atoms with Gasteiger partial charge in [-0.05, 0) is 71.5 Å². The Balaban J connectivity index is 1.11. The van der Waals surface area contributed by atoms with E-state index in [0.29, 0.717) is 0 Å². The third kappa shape index (κ3) is 4.13. The number of nitrogens with one attached hydrogen (secondary N) is 2. The van der Waals surface area contributed by atoms with E-state index in [1.165, 1.54) is 5.56 Å². The van der Waals surface area contributed by atoms with E-state index in [1.54, 1.807) is 7.11 Å². The SMILES string of the molecule is COc1ccc2c(c1)[C@]1(C[C@H]1c1ccc3c(/C(C)=C/c4ccc(CN5CCOCC5)cc4)n[nH]c3c1)C(=O)N2. The highest BCUT2D eigenvalue weighted by Crippen LogP contribution is 2.65. The summed E-state index contributed by atoms with van der Waals surface area (Å²) >= 11 is 0. The molecule has 7 rings (SSSR count). The molecule has 0 unspecified atom stereocenters. The van der Waals surface area contributed by atoms with Gasteiger partial charge in [-0.2, -0.15) is 5.10 Å². The largest absolute Gasteiger partial charge is 0.497 e. The van der Waals surface area contributed by atoms with E-state index < -0.39 is 5.41 Å². The van der Waals surface area contributed by atoms with Gasteiger partial charge in [0.05, 0.1) is 36.9 Å². The first-order valence-electron chi connectivity index (χ1n) is 13.6. The second kappa shape index (κ2) is 9.36. The standard InChI is InChI=1S/C32H32N4O3/c1-20(15-21-3-5-22(6-4-21)19-36-11-13-39-14-12-36)30-25-9-7-23(16-29(25)34-35-30)27-18-32(27)26-17-24(38-2)8-10-28(26)33-31(32)37/h3-10,15-17,27H,11-14,18-19H2,1-2H3,(H,33,37)(H,34,35)/b20-15+/t27-,32-/m0/s1. The second-order valence-electron chi connectivity index (χ2n) is 10.9. The highest BCUT2D eigenvalue weighted by Gasteiger charge is 2.65. The monoisotopic (exact) mass is 520 g/mol. The lowest BCUT2D eigenvalue weighted by atomic mass is 9.91. The first kappa shape index (κ1) is 24.1. The van der Waals surface area contributed by atoms with Crippen molar-refractivity contribution in [1.82, 2.24) is 15.1 Å². The number of aromatic amines is 1. The van der Waals surface area contributed by atoms with E-state index in [2.05, 4.69) is 75.9 Å². The van der Waals surface area contributed by atoms with Crippen LogP contribution in [0.1, 0.15) is 47.2 Å². The van der Waals surface area contributed by atoms with Crippen LogP contribution in [0, 0.1) is 0 Å². The summed E-state index contributed by atoms with van der Waals surface area (Å²) in [5.74, 6) is 0.989.